The molecule has 0 aliphatic rings. The monoisotopic (exact) mass is 124 g/mol. The Bertz CT molecular complexity index is 143. The van der Waals surface area contributed by atoms with E-state index in [0.717, 1.165) is 11.1 Å². The van der Waals surface area contributed by atoms with Gasteiger partial charge < -0.3 is 5.11 Å². The normalized spacial score (nSPS) is 11.1. The van der Waals surface area contributed by atoms with Crippen molar-refractivity contribution in [1.82, 2.24) is 0 Å². The Labute approximate surface area is 56.0 Å². The highest BCUT2D eigenvalue weighted by Crippen LogP contribution is 1.98. The van der Waals surface area contributed by atoms with Crippen molar-refractivity contribution in [3.63, 3.8) is 0 Å². The van der Waals surface area contributed by atoms with Gasteiger partial charge in [0.2, 0.25) is 0 Å². The molecule has 0 aromatic carbocycles. The molecule has 0 amide bonds. The third-order valence-electron chi connectivity index (χ3n) is 0.877. The molecule has 0 radical (unpaired) electrons. The Hall–Kier alpha value is -0.820. The van der Waals surface area contributed by atoms with Crippen molar-refractivity contribution in [2.45, 2.75) is 6.92 Å². The van der Waals surface area contributed by atoms with Crippen molar-refractivity contribution in [3.8, 4) is 0 Å². The van der Waals surface area contributed by atoms with Gasteiger partial charge in [0.15, 0.2) is 0 Å². The smallest absolute Gasteiger partial charge is 0.0681 e. The lowest BCUT2D eigenvalue weighted by Gasteiger charge is -1.93. The second kappa shape index (κ2) is 4.10. The summed E-state index contributed by atoms with van der Waals surface area (Å²) in [5.41, 5.74) is 1.74. The van der Waals surface area contributed by atoms with Gasteiger partial charge in [-0.15, -0.1) is 0 Å². The number of aliphatic hydroxyl groups excluding tert-OH is 1. The van der Waals surface area contributed by atoms with Crippen LogP contribution in [0, 0.1) is 0 Å². The van der Waals surface area contributed by atoms with E-state index in [9.17, 15) is 0 Å². The Morgan fingerprint density at radius 1 is 1.67 bits per heavy atom. The molecular formula is C8H12O. The fraction of sp³-hybridized carbons (Fsp3) is 0.250. The average Bonchev–Trinajstić information content (AvgIpc) is 1.82. The second-order valence-corrected chi connectivity index (χ2v) is 1.93. The first kappa shape index (κ1) is 8.18. The molecule has 0 aliphatic carbocycles. The van der Waals surface area contributed by atoms with Gasteiger partial charge in [0.25, 0.3) is 0 Å². The van der Waals surface area contributed by atoms with Gasteiger partial charge in [0, 0.05) is 0 Å². The Kier molecular flexibility index (Phi) is 3.72. The molecular weight excluding hydrogens is 112 g/mol. The molecule has 0 unspecified atom stereocenters. The first-order valence-corrected chi connectivity index (χ1v) is 2.80. The zero-order valence-corrected chi connectivity index (χ0v) is 5.72. The molecule has 1 heteroatoms. The molecule has 0 heterocycles. The minimum absolute atomic E-state index is 0.0381. The predicted molar refractivity (Wildman–Crippen MR) is 40.2 cm³/mol. The quantitative estimate of drug-likeness (QED) is 0.567. The van der Waals surface area contributed by atoms with Crippen LogP contribution in [-0.2, 0) is 0 Å². The van der Waals surface area contributed by atoms with E-state index in [-0.39, 0.29) is 6.61 Å². The second-order valence-electron chi connectivity index (χ2n) is 1.93. The summed E-state index contributed by atoms with van der Waals surface area (Å²) in [4.78, 5) is 0. The third kappa shape index (κ3) is 3.74. The summed E-state index contributed by atoms with van der Waals surface area (Å²) in [5, 5.41) is 8.59. The van der Waals surface area contributed by atoms with E-state index < -0.39 is 0 Å². The summed E-state index contributed by atoms with van der Waals surface area (Å²) < 4.78 is 0. The van der Waals surface area contributed by atoms with E-state index in [1.165, 1.54) is 0 Å². The largest absolute Gasteiger partial charge is 0.392 e. The maximum Gasteiger partial charge on any atom is 0.0681 e. The summed E-state index contributed by atoms with van der Waals surface area (Å²) >= 11 is 0. The lowest BCUT2D eigenvalue weighted by atomic mass is 10.2. The van der Waals surface area contributed by atoms with Gasteiger partial charge in [-0.05, 0) is 12.5 Å². The molecule has 0 saturated heterocycles. The van der Waals surface area contributed by atoms with Crippen molar-refractivity contribution in [1.29, 1.82) is 0 Å². The van der Waals surface area contributed by atoms with Gasteiger partial charge in [0.05, 0.1) is 6.61 Å². The highest BCUT2D eigenvalue weighted by molar-refractivity contribution is 5.26. The van der Waals surface area contributed by atoms with Crippen molar-refractivity contribution in [2.75, 3.05) is 6.61 Å². The summed E-state index contributed by atoms with van der Waals surface area (Å²) in [6, 6.07) is 0. The number of hydrogen-bond donors (Lipinski definition) is 1. The van der Waals surface area contributed by atoms with E-state index in [1.54, 1.807) is 12.2 Å². The van der Waals surface area contributed by atoms with Gasteiger partial charge >= 0.3 is 0 Å². The van der Waals surface area contributed by atoms with Gasteiger partial charge in [-0.2, -0.15) is 0 Å². The Morgan fingerprint density at radius 3 is 2.33 bits per heavy atom. The van der Waals surface area contributed by atoms with Crippen LogP contribution in [0.25, 0.3) is 0 Å². The van der Waals surface area contributed by atoms with E-state index in [2.05, 4.69) is 13.2 Å². The molecule has 50 valence electrons. The van der Waals surface area contributed by atoms with E-state index in [1.807, 2.05) is 6.92 Å². The highest BCUT2D eigenvalue weighted by Gasteiger charge is 1.85. The van der Waals surface area contributed by atoms with Crippen molar-refractivity contribution in [3.05, 3.63) is 36.5 Å². The molecule has 0 aromatic rings. The molecule has 1 N–H and O–H groups in total. The van der Waals surface area contributed by atoms with E-state index in [0.29, 0.717) is 0 Å². The van der Waals surface area contributed by atoms with Crippen LogP contribution in [0.5, 0.6) is 0 Å². The molecule has 1 nitrogen and oxygen atoms in total. The number of allylic oxidation sites excluding steroid dienone is 2. The van der Waals surface area contributed by atoms with Crippen molar-refractivity contribution < 1.29 is 5.11 Å². The van der Waals surface area contributed by atoms with Gasteiger partial charge in [-0.25, -0.2) is 0 Å². The number of rotatable bonds is 3. The topological polar surface area (TPSA) is 20.2 Å². The molecule has 9 heavy (non-hydrogen) atoms. The van der Waals surface area contributed by atoms with Gasteiger partial charge in [-0.3, -0.25) is 0 Å². The van der Waals surface area contributed by atoms with Crippen LogP contribution in [0.1, 0.15) is 6.92 Å². The SMILES string of the molecule is C=C/C(=C\C(=C)C)CO. The molecule has 0 rings (SSSR count). The van der Waals surface area contributed by atoms with Crippen LogP contribution >= 0.6 is 0 Å². The van der Waals surface area contributed by atoms with Crippen LogP contribution in [0.4, 0.5) is 0 Å². The molecule has 0 fully saturated rings. The zero-order chi connectivity index (χ0) is 7.28. The predicted octanol–water partition coefficient (Wildman–Crippen LogP) is 1.67. The van der Waals surface area contributed by atoms with Gasteiger partial charge in [-0.1, -0.05) is 30.9 Å². The van der Waals surface area contributed by atoms with Crippen molar-refractivity contribution >= 4 is 0 Å². The lowest BCUT2D eigenvalue weighted by Crippen LogP contribution is -1.84. The highest BCUT2D eigenvalue weighted by atomic mass is 16.3. The van der Waals surface area contributed by atoms with Crippen LogP contribution in [-0.4, -0.2) is 11.7 Å². The number of hydrogen-bond acceptors (Lipinski definition) is 1. The first-order chi connectivity index (χ1) is 4.20. The van der Waals surface area contributed by atoms with Crippen LogP contribution in [0.15, 0.2) is 36.5 Å². The fourth-order valence-electron chi connectivity index (χ4n) is 0.486. The molecule has 0 aliphatic heterocycles. The van der Waals surface area contributed by atoms with E-state index in [4.69, 9.17) is 5.11 Å². The lowest BCUT2D eigenvalue weighted by molar-refractivity contribution is 0.335. The summed E-state index contributed by atoms with van der Waals surface area (Å²) in [6.07, 6.45) is 3.42. The zero-order valence-electron chi connectivity index (χ0n) is 5.72. The van der Waals surface area contributed by atoms with Crippen LogP contribution in [0.3, 0.4) is 0 Å². The molecule has 0 saturated carbocycles. The fourth-order valence-corrected chi connectivity index (χ4v) is 0.486. The minimum Gasteiger partial charge on any atom is -0.392 e. The first-order valence-electron chi connectivity index (χ1n) is 2.80. The molecule has 0 aromatic heterocycles. The molecule has 0 atom stereocenters. The summed E-state index contributed by atoms with van der Waals surface area (Å²) in [5.74, 6) is 0. The Morgan fingerprint density at radius 2 is 2.22 bits per heavy atom. The van der Waals surface area contributed by atoms with E-state index >= 15 is 0 Å². The maximum atomic E-state index is 8.59. The van der Waals surface area contributed by atoms with Gasteiger partial charge in [0.1, 0.15) is 0 Å². The maximum absolute atomic E-state index is 8.59. The van der Waals surface area contributed by atoms with Crippen LogP contribution < -0.4 is 0 Å². The standard InChI is InChI=1S/C8H12O/c1-4-8(6-9)5-7(2)3/h4-5,9H,1-2,6H2,3H3/b8-5+. The van der Waals surface area contributed by atoms with Crippen LogP contribution in [0.2, 0.25) is 0 Å². The molecule has 0 spiro atoms. The number of aliphatic hydroxyl groups is 1. The average molecular weight is 124 g/mol. The molecule has 0 bridgehead atoms. The summed E-state index contributed by atoms with van der Waals surface area (Å²) in [6.45, 7) is 9.08. The Balaban J connectivity index is 4.07. The minimum atomic E-state index is 0.0381. The third-order valence-corrected chi connectivity index (χ3v) is 0.877. The van der Waals surface area contributed by atoms with Crippen molar-refractivity contribution in [2.24, 2.45) is 0 Å². The summed E-state index contributed by atoms with van der Waals surface area (Å²) in [7, 11) is 0.